The van der Waals surface area contributed by atoms with Crippen molar-refractivity contribution < 1.29 is 4.79 Å². The Balaban J connectivity index is 1.87. The molecule has 0 aromatic heterocycles. The Bertz CT molecular complexity index is 583. The van der Waals surface area contributed by atoms with Gasteiger partial charge in [-0.25, -0.2) is 0 Å². The van der Waals surface area contributed by atoms with Crippen LogP contribution >= 0.6 is 23.4 Å². The second-order valence-electron chi connectivity index (χ2n) is 4.37. The lowest BCUT2D eigenvalue weighted by molar-refractivity contribution is -0.116. The van der Waals surface area contributed by atoms with Gasteiger partial charge in [-0.3, -0.25) is 4.79 Å². The number of rotatable bonds is 5. The van der Waals surface area contributed by atoms with Crippen LogP contribution in [0.2, 0.25) is 5.02 Å². The minimum Gasteiger partial charge on any atom is -0.326 e. The summed E-state index contributed by atoms with van der Waals surface area (Å²) in [5.74, 6) is 0.00169. The minimum atomic E-state index is 0.00169. The van der Waals surface area contributed by atoms with Crippen LogP contribution in [0.4, 0.5) is 5.69 Å². The molecule has 0 fully saturated rings. The number of hydrogen-bond donors (Lipinski definition) is 1. The lowest BCUT2D eigenvalue weighted by Gasteiger charge is -2.07. The van der Waals surface area contributed by atoms with Crippen molar-refractivity contribution in [3.8, 4) is 0 Å². The van der Waals surface area contributed by atoms with Gasteiger partial charge in [0.2, 0.25) is 5.91 Å². The summed E-state index contributed by atoms with van der Waals surface area (Å²) in [5.41, 5.74) is 1.83. The number of anilines is 1. The summed E-state index contributed by atoms with van der Waals surface area (Å²) >= 11 is 7.75. The predicted octanol–water partition coefficient (Wildman–Crippen LogP) is 4.63. The van der Waals surface area contributed by atoms with Crippen LogP contribution in [0.1, 0.15) is 12.0 Å². The van der Waals surface area contributed by atoms with Gasteiger partial charge in [-0.1, -0.05) is 29.8 Å². The summed E-state index contributed by atoms with van der Waals surface area (Å²) in [6.45, 7) is 0. The zero-order valence-electron chi connectivity index (χ0n) is 11.2. The summed E-state index contributed by atoms with van der Waals surface area (Å²) < 4.78 is 0. The summed E-state index contributed by atoms with van der Waals surface area (Å²) in [6.07, 6.45) is 3.10. The second kappa shape index (κ2) is 7.36. The van der Waals surface area contributed by atoms with Crippen molar-refractivity contribution in [2.24, 2.45) is 0 Å². The first-order chi connectivity index (χ1) is 9.69. The summed E-state index contributed by atoms with van der Waals surface area (Å²) in [7, 11) is 0. The molecule has 0 aliphatic carbocycles. The van der Waals surface area contributed by atoms with E-state index in [-0.39, 0.29) is 5.91 Å². The van der Waals surface area contributed by atoms with Gasteiger partial charge in [0.1, 0.15) is 0 Å². The highest BCUT2D eigenvalue weighted by molar-refractivity contribution is 7.98. The fourth-order valence-electron chi connectivity index (χ4n) is 1.85. The Morgan fingerprint density at radius 1 is 1.15 bits per heavy atom. The second-order valence-corrected chi connectivity index (χ2v) is 5.65. The topological polar surface area (TPSA) is 29.1 Å². The molecule has 0 unspecified atom stereocenters. The maximum absolute atomic E-state index is 11.9. The molecule has 20 heavy (non-hydrogen) atoms. The number of carbonyl (C=O) groups is 1. The molecule has 2 aromatic carbocycles. The summed E-state index contributed by atoms with van der Waals surface area (Å²) in [4.78, 5) is 13.1. The Labute approximate surface area is 128 Å². The van der Waals surface area contributed by atoms with Crippen molar-refractivity contribution in [2.45, 2.75) is 17.7 Å². The van der Waals surface area contributed by atoms with Gasteiger partial charge in [0.15, 0.2) is 0 Å². The van der Waals surface area contributed by atoms with E-state index in [1.165, 1.54) is 4.90 Å². The first-order valence-corrected chi connectivity index (χ1v) is 7.96. The van der Waals surface area contributed by atoms with E-state index >= 15 is 0 Å². The number of thioether (sulfide) groups is 1. The van der Waals surface area contributed by atoms with Crippen molar-refractivity contribution in [1.82, 2.24) is 0 Å². The van der Waals surface area contributed by atoms with Crippen molar-refractivity contribution in [3.05, 3.63) is 59.1 Å². The van der Waals surface area contributed by atoms with E-state index in [0.717, 1.165) is 11.3 Å². The molecule has 0 saturated heterocycles. The van der Waals surface area contributed by atoms with Gasteiger partial charge in [0, 0.05) is 22.0 Å². The molecule has 4 heteroatoms. The lowest BCUT2D eigenvalue weighted by atomic mass is 10.1. The first-order valence-electron chi connectivity index (χ1n) is 6.36. The van der Waals surface area contributed by atoms with Gasteiger partial charge in [0.05, 0.1) is 0 Å². The molecule has 2 aromatic rings. The van der Waals surface area contributed by atoms with Gasteiger partial charge >= 0.3 is 0 Å². The number of aryl methyl sites for hydroxylation is 1. The molecule has 2 nitrogen and oxygen atoms in total. The zero-order valence-corrected chi connectivity index (χ0v) is 12.8. The summed E-state index contributed by atoms with van der Waals surface area (Å²) in [6, 6.07) is 15.4. The van der Waals surface area contributed by atoms with Crippen LogP contribution in [0.25, 0.3) is 0 Å². The SMILES string of the molecule is CSc1ccc(NC(=O)CCc2ccccc2Cl)cc1. The van der Waals surface area contributed by atoms with Gasteiger partial charge < -0.3 is 5.32 Å². The summed E-state index contributed by atoms with van der Waals surface area (Å²) in [5, 5.41) is 3.60. The van der Waals surface area contributed by atoms with Crippen LogP contribution in [0.5, 0.6) is 0 Å². The smallest absolute Gasteiger partial charge is 0.224 e. The van der Waals surface area contributed by atoms with E-state index < -0.39 is 0 Å². The first kappa shape index (κ1) is 14.9. The van der Waals surface area contributed by atoms with Crippen molar-refractivity contribution >= 4 is 35.0 Å². The maximum Gasteiger partial charge on any atom is 0.224 e. The third-order valence-corrected chi connectivity index (χ3v) is 4.07. The molecule has 0 aliphatic heterocycles. The largest absolute Gasteiger partial charge is 0.326 e. The fourth-order valence-corrected chi connectivity index (χ4v) is 2.49. The Morgan fingerprint density at radius 3 is 2.50 bits per heavy atom. The number of carbonyl (C=O) groups excluding carboxylic acids is 1. The number of amides is 1. The van der Waals surface area contributed by atoms with Crippen LogP contribution in [-0.4, -0.2) is 12.2 Å². The Hall–Kier alpha value is -1.45. The van der Waals surface area contributed by atoms with Gasteiger partial charge in [-0.2, -0.15) is 0 Å². The number of hydrogen-bond acceptors (Lipinski definition) is 2. The van der Waals surface area contributed by atoms with E-state index in [1.54, 1.807) is 11.8 Å². The molecule has 0 spiro atoms. The Morgan fingerprint density at radius 2 is 1.85 bits per heavy atom. The average Bonchev–Trinajstić information content (AvgIpc) is 2.47. The van der Waals surface area contributed by atoms with Gasteiger partial charge in [0.25, 0.3) is 0 Å². The minimum absolute atomic E-state index is 0.00169. The fraction of sp³-hybridized carbons (Fsp3) is 0.188. The molecule has 0 radical (unpaired) electrons. The van der Waals surface area contributed by atoms with Gasteiger partial charge in [-0.05, 0) is 48.6 Å². The Kier molecular flexibility index (Phi) is 5.50. The van der Waals surface area contributed by atoms with Crippen molar-refractivity contribution in [1.29, 1.82) is 0 Å². The van der Waals surface area contributed by atoms with E-state index in [2.05, 4.69) is 5.32 Å². The molecule has 0 aliphatic rings. The predicted molar refractivity (Wildman–Crippen MR) is 86.6 cm³/mol. The van der Waals surface area contributed by atoms with E-state index in [0.29, 0.717) is 17.9 Å². The molecule has 1 amide bonds. The van der Waals surface area contributed by atoms with Crippen LogP contribution in [0.15, 0.2) is 53.4 Å². The molecule has 104 valence electrons. The average molecular weight is 306 g/mol. The lowest BCUT2D eigenvalue weighted by Crippen LogP contribution is -2.12. The van der Waals surface area contributed by atoms with Crippen molar-refractivity contribution in [2.75, 3.05) is 11.6 Å². The molecule has 0 saturated carbocycles. The third kappa shape index (κ3) is 4.29. The zero-order chi connectivity index (χ0) is 14.4. The van der Waals surface area contributed by atoms with Crippen LogP contribution < -0.4 is 5.32 Å². The molecular weight excluding hydrogens is 290 g/mol. The van der Waals surface area contributed by atoms with E-state index in [4.69, 9.17) is 11.6 Å². The van der Waals surface area contributed by atoms with Gasteiger partial charge in [-0.15, -0.1) is 11.8 Å². The molecule has 0 bridgehead atoms. The molecule has 0 atom stereocenters. The quantitative estimate of drug-likeness (QED) is 0.816. The molecule has 1 N–H and O–H groups in total. The monoisotopic (exact) mass is 305 g/mol. The molecule has 0 heterocycles. The number of nitrogens with one attached hydrogen (secondary N) is 1. The highest BCUT2D eigenvalue weighted by atomic mass is 35.5. The van der Waals surface area contributed by atoms with E-state index in [1.807, 2.05) is 54.8 Å². The molecule has 2 rings (SSSR count). The van der Waals surface area contributed by atoms with E-state index in [9.17, 15) is 4.79 Å². The number of benzene rings is 2. The molecular formula is C16H16ClNOS. The highest BCUT2D eigenvalue weighted by Crippen LogP contribution is 2.19. The van der Waals surface area contributed by atoms with Crippen LogP contribution in [0.3, 0.4) is 0 Å². The van der Waals surface area contributed by atoms with Crippen LogP contribution in [0, 0.1) is 0 Å². The standard InChI is InChI=1S/C16H16ClNOS/c1-20-14-9-7-13(8-10-14)18-16(19)11-6-12-4-2-3-5-15(12)17/h2-5,7-10H,6,11H2,1H3,(H,18,19). The number of halogens is 1. The van der Waals surface area contributed by atoms with Crippen LogP contribution in [-0.2, 0) is 11.2 Å². The third-order valence-electron chi connectivity index (χ3n) is 2.95. The highest BCUT2D eigenvalue weighted by Gasteiger charge is 2.05. The van der Waals surface area contributed by atoms with Crippen molar-refractivity contribution in [3.63, 3.8) is 0 Å². The normalized spacial score (nSPS) is 10.3. The maximum atomic E-state index is 11.9.